The van der Waals surface area contributed by atoms with Crippen LogP contribution in [0.4, 0.5) is 8.78 Å². The van der Waals surface area contributed by atoms with Crippen LogP contribution < -0.4 is 0 Å². The molecule has 0 bridgehead atoms. The first-order chi connectivity index (χ1) is 9.63. The van der Waals surface area contributed by atoms with E-state index in [4.69, 9.17) is 16.0 Å². The zero-order valence-electron chi connectivity index (χ0n) is 10.1. The van der Waals surface area contributed by atoms with Crippen LogP contribution in [0, 0.1) is 11.6 Å². The molecule has 3 rings (SSSR count). The summed E-state index contributed by atoms with van der Waals surface area (Å²) in [6, 6.07) is 9.37. The molecular weight excluding hydrogens is 304 g/mol. The maximum atomic E-state index is 13.5. The van der Waals surface area contributed by atoms with Crippen molar-refractivity contribution in [2.75, 3.05) is 0 Å². The molecule has 0 aliphatic carbocycles. The first kappa shape index (κ1) is 13.4. The molecule has 102 valence electrons. The van der Waals surface area contributed by atoms with Crippen molar-refractivity contribution in [1.29, 1.82) is 0 Å². The summed E-state index contributed by atoms with van der Waals surface area (Å²) < 4.78 is 32.2. The van der Waals surface area contributed by atoms with E-state index in [1.807, 2.05) is 12.1 Å². The van der Waals surface area contributed by atoms with Gasteiger partial charge in [0.1, 0.15) is 5.52 Å². The fourth-order valence-corrected chi connectivity index (χ4v) is 2.62. The quantitative estimate of drug-likeness (QED) is 0.633. The van der Waals surface area contributed by atoms with E-state index in [1.165, 1.54) is 11.8 Å². The summed E-state index contributed by atoms with van der Waals surface area (Å²) in [6.45, 7) is 0. The molecule has 0 spiro atoms. The molecule has 2 nitrogen and oxygen atoms in total. The van der Waals surface area contributed by atoms with Crippen LogP contribution in [-0.2, 0) is 5.75 Å². The Labute approximate surface area is 122 Å². The summed E-state index contributed by atoms with van der Waals surface area (Å²) >= 11 is 7.06. The standard InChI is InChI=1S/C14H8ClF2NOS/c15-9-3-1-8(2-4-9)7-20-14-18-12-10(16)5-6-11(17)13(12)19-14/h1-6H,7H2. The zero-order chi connectivity index (χ0) is 14.1. The lowest BCUT2D eigenvalue weighted by atomic mass is 10.2. The molecular formula is C14H8ClF2NOS. The highest BCUT2D eigenvalue weighted by Crippen LogP contribution is 2.29. The van der Waals surface area contributed by atoms with Gasteiger partial charge in [0.25, 0.3) is 5.22 Å². The largest absolute Gasteiger partial charge is 0.428 e. The number of rotatable bonds is 3. The van der Waals surface area contributed by atoms with E-state index in [9.17, 15) is 8.78 Å². The van der Waals surface area contributed by atoms with Crippen LogP contribution in [0.15, 0.2) is 46.0 Å². The van der Waals surface area contributed by atoms with Gasteiger partial charge in [0.2, 0.25) is 0 Å². The first-order valence-corrected chi connectivity index (χ1v) is 7.11. The van der Waals surface area contributed by atoms with Gasteiger partial charge in [-0.2, -0.15) is 0 Å². The van der Waals surface area contributed by atoms with Crippen molar-refractivity contribution in [2.45, 2.75) is 11.0 Å². The van der Waals surface area contributed by atoms with Crippen molar-refractivity contribution in [3.8, 4) is 0 Å². The van der Waals surface area contributed by atoms with Crippen molar-refractivity contribution >= 4 is 34.5 Å². The van der Waals surface area contributed by atoms with Gasteiger partial charge in [-0.05, 0) is 29.8 Å². The number of hydrogen-bond donors (Lipinski definition) is 0. The third kappa shape index (κ3) is 2.64. The highest BCUT2D eigenvalue weighted by molar-refractivity contribution is 7.98. The number of halogens is 3. The summed E-state index contributed by atoms with van der Waals surface area (Å²) in [4.78, 5) is 3.96. The third-order valence-electron chi connectivity index (χ3n) is 2.70. The van der Waals surface area contributed by atoms with Crippen molar-refractivity contribution < 1.29 is 13.2 Å². The Balaban J connectivity index is 1.83. The SMILES string of the molecule is Fc1ccc(F)c2oc(SCc3ccc(Cl)cc3)nc12. The number of benzene rings is 2. The van der Waals surface area contributed by atoms with Crippen LogP contribution in [0.5, 0.6) is 0 Å². The first-order valence-electron chi connectivity index (χ1n) is 5.75. The van der Waals surface area contributed by atoms with Gasteiger partial charge in [-0.3, -0.25) is 0 Å². The summed E-state index contributed by atoms with van der Waals surface area (Å²) in [5.41, 5.74) is 0.787. The summed E-state index contributed by atoms with van der Waals surface area (Å²) in [6.07, 6.45) is 0. The molecule has 6 heteroatoms. The minimum atomic E-state index is -0.618. The fraction of sp³-hybridized carbons (Fsp3) is 0.0714. The van der Waals surface area contributed by atoms with Crippen molar-refractivity contribution in [2.24, 2.45) is 0 Å². The maximum absolute atomic E-state index is 13.5. The highest BCUT2D eigenvalue weighted by Gasteiger charge is 2.14. The van der Waals surface area contributed by atoms with Crippen LogP contribution in [0.1, 0.15) is 5.56 Å². The molecule has 1 aromatic heterocycles. The van der Waals surface area contributed by atoms with E-state index in [0.29, 0.717) is 10.8 Å². The molecule has 0 unspecified atom stereocenters. The topological polar surface area (TPSA) is 26.0 Å². The second-order valence-corrected chi connectivity index (χ2v) is 5.46. The predicted molar refractivity (Wildman–Crippen MR) is 74.9 cm³/mol. The van der Waals surface area contributed by atoms with Gasteiger partial charge < -0.3 is 4.42 Å². The molecule has 0 aliphatic heterocycles. The Morgan fingerprint density at radius 3 is 2.45 bits per heavy atom. The maximum Gasteiger partial charge on any atom is 0.257 e. The zero-order valence-corrected chi connectivity index (χ0v) is 11.6. The fourth-order valence-electron chi connectivity index (χ4n) is 1.71. The minimum absolute atomic E-state index is 0.0800. The lowest BCUT2D eigenvalue weighted by Crippen LogP contribution is -1.81. The molecule has 0 saturated carbocycles. The second kappa shape index (κ2) is 5.42. The van der Waals surface area contributed by atoms with E-state index >= 15 is 0 Å². The molecule has 0 saturated heterocycles. The Kier molecular flexibility index (Phi) is 3.63. The molecule has 3 aromatic rings. The monoisotopic (exact) mass is 311 g/mol. The van der Waals surface area contributed by atoms with E-state index in [-0.39, 0.29) is 16.3 Å². The van der Waals surface area contributed by atoms with E-state index in [2.05, 4.69) is 4.98 Å². The summed E-state index contributed by atoms with van der Waals surface area (Å²) in [5.74, 6) is -0.636. The number of hydrogen-bond acceptors (Lipinski definition) is 3. The normalized spacial score (nSPS) is 11.2. The predicted octanol–water partition coefficient (Wildman–Crippen LogP) is 5.05. The number of fused-ring (bicyclic) bond motifs is 1. The van der Waals surface area contributed by atoms with Crippen molar-refractivity contribution in [3.63, 3.8) is 0 Å². The van der Waals surface area contributed by atoms with Gasteiger partial charge in [-0.15, -0.1) is 0 Å². The Morgan fingerprint density at radius 2 is 1.75 bits per heavy atom. The van der Waals surface area contributed by atoms with Gasteiger partial charge in [0, 0.05) is 10.8 Å². The van der Waals surface area contributed by atoms with Crippen LogP contribution in [-0.4, -0.2) is 4.98 Å². The lowest BCUT2D eigenvalue weighted by molar-refractivity contribution is 0.470. The van der Waals surface area contributed by atoms with E-state index in [1.54, 1.807) is 12.1 Å². The second-order valence-electron chi connectivity index (χ2n) is 4.10. The van der Waals surface area contributed by atoms with Gasteiger partial charge in [-0.1, -0.05) is 35.5 Å². The van der Waals surface area contributed by atoms with Crippen LogP contribution >= 0.6 is 23.4 Å². The number of oxazole rings is 1. The molecule has 0 atom stereocenters. The van der Waals surface area contributed by atoms with Crippen LogP contribution in [0.2, 0.25) is 5.02 Å². The molecule has 0 amide bonds. The highest BCUT2D eigenvalue weighted by atomic mass is 35.5. The van der Waals surface area contributed by atoms with Gasteiger partial charge >= 0.3 is 0 Å². The molecule has 0 N–H and O–H groups in total. The molecule has 0 fully saturated rings. The van der Waals surface area contributed by atoms with Crippen LogP contribution in [0.25, 0.3) is 11.1 Å². The van der Waals surface area contributed by atoms with Gasteiger partial charge in [0.05, 0.1) is 0 Å². The molecule has 0 radical (unpaired) electrons. The number of nitrogens with zero attached hydrogens (tertiary/aromatic N) is 1. The van der Waals surface area contributed by atoms with E-state index in [0.717, 1.165) is 17.7 Å². The number of thioether (sulfide) groups is 1. The van der Waals surface area contributed by atoms with Crippen LogP contribution in [0.3, 0.4) is 0 Å². The van der Waals surface area contributed by atoms with Crippen molar-refractivity contribution in [1.82, 2.24) is 4.98 Å². The molecule has 20 heavy (non-hydrogen) atoms. The summed E-state index contributed by atoms with van der Waals surface area (Å²) in [7, 11) is 0. The Bertz CT molecular complexity index is 719. The lowest BCUT2D eigenvalue weighted by Gasteiger charge is -1.98. The van der Waals surface area contributed by atoms with Crippen molar-refractivity contribution in [3.05, 3.63) is 58.6 Å². The van der Waals surface area contributed by atoms with Gasteiger partial charge in [-0.25, -0.2) is 13.8 Å². The Hall–Kier alpha value is -1.59. The molecule has 2 aromatic carbocycles. The van der Waals surface area contributed by atoms with E-state index < -0.39 is 11.6 Å². The Morgan fingerprint density at radius 1 is 1.05 bits per heavy atom. The number of aromatic nitrogens is 1. The average Bonchev–Trinajstić information content (AvgIpc) is 2.88. The third-order valence-corrected chi connectivity index (χ3v) is 3.85. The minimum Gasteiger partial charge on any atom is -0.428 e. The van der Waals surface area contributed by atoms with Gasteiger partial charge in [0.15, 0.2) is 17.2 Å². The smallest absolute Gasteiger partial charge is 0.257 e. The average molecular weight is 312 g/mol. The summed E-state index contributed by atoms with van der Waals surface area (Å²) in [5, 5.41) is 0.892. The molecule has 0 aliphatic rings. The molecule has 1 heterocycles.